The highest BCUT2D eigenvalue weighted by atomic mass is 35.5. The summed E-state index contributed by atoms with van der Waals surface area (Å²) in [4.78, 5) is 18.3. The summed E-state index contributed by atoms with van der Waals surface area (Å²) < 4.78 is 17.2. The van der Waals surface area contributed by atoms with E-state index in [4.69, 9.17) is 14.2 Å². The number of likely N-dealkylation sites (N-methyl/N-ethyl adjacent to an activating group) is 1. The van der Waals surface area contributed by atoms with Crippen molar-refractivity contribution in [2.24, 2.45) is 0 Å². The summed E-state index contributed by atoms with van der Waals surface area (Å²) in [7, 11) is 3.29. The van der Waals surface area contributed by atoms with Gasteiger partial charge in [0.25, 0.3) is 0 Å². The van der Waals surface area contributed by atoms with Crippen molar-refractivity contribution in [2.45, 2.75) is 31.1 Å². The molecular formula is C25H34Cl2N2O4. The highest BCUT2D eigenvalue weighted by Crippen LogP contribution is 2.52. The van der Waals surface area contributed by atoms with E-state index in [1.807, 2.05) is 54.6 Å². The van der Waals surface area contributed by atoms with Crippen molar-refractivity contribution >= 4 is 30.8 Å². The summed E-state index contributed by atoms with van der Waals surface area (Å²) in [5.41, 5.74) is 1.15. The van der Waals surface area contributed by atoms with Gasteiger partial charge in [0.15, 0.2) is 6.23 Å². The van der Waals surface area contributed by atoms with Crippen LogP contribution in [0, 0.1) is 0 Å². The Morgan fingerprint density at radius 1 is 1.00 bits per heavy atom. The SMILES string of the molecule is CCN1CCN(C(OC(=O)C2(c3ccc(OC)cc3)CC2OC)c2ccccc2)CC1.Cl.Cl. The Balaban J connectivity index is 0.00000193. The molecule has 2 fully saturated rings. The van der Waals surface area contributed by atoms with Gasteiger partial charge in [0.05, 0.1) is 13.2 Å². The van der Waals surface area contributed by atoms with Crippen LogP contribution in [0.1, 0.15) is 30.7 Å². The lowest BCUT2D eigenvalue weighted by molar-refractivity contribution is -0.166. The van der Waals surface area contributed by atoms with Crippen molar-refractivity contribution in [3.63, 3.8) is 0 Å². The number of esters is 1. The van der Waals surface area contributed by atoms with Crippen molar-refractivity contribution in [1.82, 2.24) is 9.80 Å². The van der Waals surface area contributed by atoms with E-state index in [0.29, 0.717) is 6.42 Å². The standard InChI is InChI=1S/C25H32N2O4.2ClH/c1-4-26-14-16-27(17-15-26)23(19-8-6-5-7-9-19)31-24(28)25(18-22(25)30-3)20-10-12-21(29-2)13-11-20;;/h5-13,22-23H,4,14-18H2,1-3H3;2*1H. The number of benzene rings is 2. The van der Waals surface area contributed by atoms with Crippen molar-refractivity contribution in [3.8, 4) is 5.75 Å². The van der Waals surface area contributed by atoms with Crippen LogP contribution in [0.3, 0.4) is 0 Å². The quantitative estimate of drug-likeness (QED) is 0.513. The van der Waals surface area contributed by atoms with Crippen LogP contribution < -0.4 is 4.74 Å². The number of hydrogen-bond donors (Lipinski definition) is 0. The van der Waals surface area contributed by atoms with Crippen LogP contribution in [-0.2, 0) is 19.7 Å². The van der Waals surface area contributed by atoms with Gasteiger partial charge in [-0.2, -0.15) is 0 Å². The minimum absolute atomic E-state index is 0. The predicted molar refractivity (Wildman–Crippen MR) is 134 cm³/mol. The number of ether oxygens (including phenoxy) is 3. The number of nitrogens with zero attached hydrogens (tertiary/aromatic N) is 2. The van der Waals surface area contributed by atoms with E-state index in [9.17, 15) is 4.79 Å². The Morgan fingerprint density at radius 2 is 1.64 bits per heavy atom. The lowest BCUT2D eigenvalue weighted by atomic mass is 9.95. The van der Waals surface area contributed by atoms with Gasteiger partial charge in [-0.25, -0.2) is 0 Å². The molecule has 1 saturated carbocycles. The number of methoxy groups -OCH3 is 2. The van der Waals surface area contributed by atoms with Crippen molar-refractivity contribution in [3.05, 3.63) is 65.7 Å². The molecule has 33 heavy (non-hydrogen) atoms. The van der Waals surface area contributed by atoms with E-state index in [2.05, 4.69) is 16.7 Å². The molecule has 0 radical (unpaired) electrons. The first-order chi connectivity index (χ1) is 15.1. The number of hydrogen-bond acceptors (Lipinski definition) is 6. The molecule has 3 atom stereocenters. The van der Waals surface area contributed by atoms with E-state index < -0.39 is 11.6 Å². The van der Waals surface area contributed by atoms with Gasteiger partial charge in [-0.15, -0.1) is 24.8 Å². The van der Waals surface area contributed by atoms with Crippen molar-refractivity contribution in [1.29, 1.82) is 0 Å². The largest absolute Gasteiger partial charge is 0.497 e. The third kappa shape index (κ3) is 5.64. The molecule has 1 aliphatic heterocycles. The normalized spacial score (nSPS) is 23.5. The molecule has 0 bridgehead atoms. The van der Waals surface area contributed by atoms with Gasteiger partial charge in [-0.1, -0.05) is 49.4 Å². The monoisotopic (exact) mass is 496 g/mol. The first-order valence-electron chi connectivity index (χ1n) is 11.0. The summed E-state index contributed by atoms with van der Waals surface area (Å²) >= 11 is 0. The Labute approximate surface area is 209 Å². The van der Waals surface area contributed by atoms with E-state index in [0.717, 1.165) is 49.6 Å². The molecule has 182 valence electrons. The number of carbonyl (C=O) groups is 1. The second kappa shape index (κ2) is 12.0. The third-order valence-electron chi connectivity index (χ3n) is 6.64. The average Bonchev–Trinajstić information content (AvgIpc) is 3.59. The number of carbonyl (C=O) groups excluding carboxylic acids is 1. The first kappa shape index (κ1) is 27.4. The lowest BCUT2D eigenvalue weighted by Crippen LogP contribution is -2.48. The van der Waals surface area contributed by atoms with Crippen LogP contribution in [0.5, 0.6) is 5.75 Å². The van der Waals surface area contributed by atoms with Gasteiger partial charge in [-0.3, -0.25) is 9.69 Å². The van der Waals surface area contributed by atoms with E-state index in [1.54, 1.807) is 14.2 Å². The molecule has 4 rings (SSSR count). The Bertz CT molecular complexity index is 876. The summed E-state index contributed by atoms with van der Waals surface area (Å²) in [5, 5.41) is 0. The second-order valence-corrected chi connectivity index (χ2v) is 8.27. The Hall–Kier alpha value is -1.83. The molecule has 6 nitrogen and oxygen atoms in total. The van der Waals surface area contributed by atoms with Crippen LogP contribution in [-0.4, -0.2) is 68.8 Å². The highest BCUT2D eigenvalue weighted by Gasteiger charge is 2.64. The molecule has 3 unspecified atom stereocenters. The zero-order chi connectivity index (χ0) is 21.8. The maximum atomic E-state index is 13.6. The predicted octanol–water partition coefficient (Wildman–Crippen LogP) is 4.07. The number of piperazine rings is 1. The first-order valence-corrected chi connectivity index (χ1v) is 11.0. The molecule has 8 heteroatoms. The molecule has 2 aliphatic rings. The molecule has 2 aromatic rings. The number of halogens is 2. The molecule has 1 aliphatic carbocycles. The Kier molecular flexibility index (Phi) is 10.0. The highest BCUT2D eigenvalue weighted by molar-refractivity contribution is 5.88. The maximum Gasteiger partial charge on any atom is 0.321 e. The van der Waals surface area contributed by atoms with E-state index in [-0.39, 0.29) is 36.9 Å². The van der Waals surface area contributed by atoms with Crippen LogP contribution in [0.25, 0.3) is 0 Å². The molecule has 1 saturated heterocycles. The van der Waals surface area contributed by atoms with Crippen molar-refractivity contribution in [2.75, 3.05) is 46.9 Å². The third-order valence-corrected chi connectivity index (χ3v) is 6.64. The van der Waals surface area contributed by atoms with Crippen LogP contribution in [0.2, 0.25) is 0 Å². The molecule has 2 aromatic carbocycles. The fraction of sp³-hybridized carbons (Fsp3) is 0.480. The summed E-state index contributed by atoms with van der Waals surface area (Å²) in [6.45, 7) is 6.90. The average molecular weight is 497 g/mol. The van der Waals surface area contributed by atoms with Gasteiger partial charge in [0.2, 0.25) is 0 Å². The molecule has 0 N–H and O–H groups in total. The summed E-state index contributed by atoms with van der Waals surface area (Å²) in [6.07, 6.45) is 0.0439. The van der Waals surface area contributed by atoms with Gasteiger partial charge < -0.3 is 19.1 Å². The van der Waals surface area contributed by atoms with Crippen molar-refractivity contribution < 1.29 is 19.0 Å². The van der Waals surface area contributed by atoms with Crippen LogP contribution in [0.4, 0.5) is 0 Å². The van der Waals surface area contributed by atoms with Gasteiger partial charge in [-0.05, 0) is 30.7 Å². The summed E-state index contributed by atoms with van der Waals surface area (Å²) in [6, 6.07) is 17.7. The molecular weight excluding hydrogens is 463 g/mol. The maximum absolute atomic E-state index is 13.6. The fourth-order valence-corrected chi connectivity index (χ4v) is 4.53. The minimum atomic E-state index is -0.765. The van der Waals surface area contributed by atoms with Crippen LogP contribution >= 0.6 is 24.8 Å². The van der Waals surface area contributed by atoms with Gasteiger partial charge in [0.1, 0.15) is 11.2 Å². The van der Waals surface area contributed by atoms with Gasteiger partial charge in [0, 0.05) is 38.9 Å². The topological polar surface area (TPSA) is 51.2 Å². The second-order valence-electron chi connectivity index (χ2n) is 8.27. The zero-order valence-electron chi connectivity index (χ0n) is 19.4. The molecule has 0 spiro atoms. The molecule has 0 amide bonds. The van der Waals surface area contributed by atoms with E-state index >= 15 is 0 Å². The van der Waals surface area contributed by atoms with Gasteiger partial charge >= 0.3 is 5.97 Å². The molecule has 0 aromatic heterocycles. The smallest absolute Gasteiger partial charge is 0.321 e. The van der Waals surface area contributed by atoms with E-state index in [1.165, 1.54) is 0 Å². The summed E-state index contributed by atoms with van der Waals surface area (Å²) in [5.74, 6) is 0.536. The number of rotatable bonds is 8. The lowest BCUT2D eigenvalue weighted by Gasteiger charge is -2.39. The Morgan fingerprint density at radius 3 is 2.15 bits per heavy atom. The zero-order valence-corrected chi connectivity index (χ0v) is 21.1. The van der Waals surface area contributed by atoms with Crippen LogP contribution in [0.15, 0.2) is 54.6 Å². The fourth-order valence-electron chi connectivity index (χ4n) is 4.53. The molecule has 1 heterocycles. The minimum Gasteiger partial charge on any atom is -0.497 e.